The van der Waals surface area contributed by atoms with Gasteiger partial charge in [-0.3, -0.25) is 9.69 Å². The van der Waals surface area contributed by atoms with Gasteiger partial charge in [0.05, 0.1) is 16.6 Å². The molecular formula is C26H34ClF3N4O3S. The van der Waals surface area contributed by atoms with E-state index in [1.54, 1.807) is 12.1 Å². The standard InChI is InChI=1S/C26H34ClF3N4O3S/c1-18-6-3-7-19(2)33(18)13-5-11-31-25(35)17-23-22-8-4-12-32(22)14-15-34(23)38(36,37)24-10-9-20(16-21(24)27)26(28,29)30/h4,8-10,12,16,18-19,23H,3,5-7,11,13-15,17H2,1-2H3,(H,31,35). The molecule has 0 saturated carbocycles. The highest BCUT2D eigenvalue weighted by Crippen LogP contribution is 2.38. The molecule has 1 amide bonds. The molecule has 210 valence electrons. The number of amides is 1. The summed E-state index contributed by atoms with van der Waals surface area (Å²) in [5.74, 6) is -0.289. The van der Waals surface area contributed by atoms with Gasteiger partial charge in [-0.1, -0.05) is 18.0 Å². The molecule has 1 fully saturated rings. The average molecular weight is 575 g/mol. The van der Waals surface area contributed by atoms with Crippen molar-refractivity contribution >= 4 is 27.5 Å². The summed E-state index contributed by atoms with van der Waals surface area (Å²) in [6.07, 6.45) is 1.41. The molecule has 12 heteroatoms. The number of benzene rings is 1. The van der Waals surface area contributed by atoms with Gasteiger partial charge in [-0.15, -0.1) is 0 Å². The van der Waals surface area contributed by atoms with E-state index in [1.807, 2.05) is 10.8 Å². The van der Waals surface area contributed by atoms with Gasteiger partial charge in [-0.05, 0) is 63.4 Å². The monoisotopic (exact) mass is 574 g/mol. The summed E-state index contributed by atoms with van der Waals surface area (Å²) >= 11 is 6.05. The van der Waals surface area contributed by atoms with Crippen molar-refractivity contribution in [3.05, 3.63) is 52.8 Å². The first-order valence-electron chi connectivity index (χ1n) is 13.0. The van der Waals surface area contributed by atoms with Gasteiger partial charge in [-0.25, -0.2) is 8.42 Å². The van der Waals surface area contributed by atoms with Gasteiger partial charge < -0.3 is 9.88 Å². The van der Waals surface area contributed by atoms with Gasteiger partial charge in [0, 0.05) is 56.6 Å². The Morgan fingerprint density at radius 2 is 1.84 bits per heavy atom. The van der Waals surface area contributed by atoms with Crippen molar-refractivity contribution in [1.82, 2.24) is 19.1 Å². The molecule has 0 spiro atoms. The van der Waals surface area contributed by atoms with Crippen LogP contribution in [0, 0.1) is 0 Å². The molecule has 0 radical (unpaired) electrons. The molecule has 3 atom stereocenters. The van der Waals surface area contributed by atoms with Crippen LogP contribution in [-0.4, -0.2) is 59.8 Å². The van der Waals surface area contributed by atoms with Crippen molar-refractivity contribution in [2.75, 3.05) is 19.6 Å². The summed E-state index contributed by atoms with van der Waals surface area (Å²) in [4.78, 5) is 15.0. The lowest BCUT2D eigenvalue weighted by Crippen LogP contribution is -2.45. The van der Waals surface area contributed by atoms with Crippen LogP contribution in [0.4, 0.5) is 13.2 Å². The zero-order chi connectivity index (χ0) is 27.7. The van der Waals surface area contributed by atoms with Crippen molar-refractivity contribution in [3.63, 3.8) is 0 Å². The van der Waals surface area contributed by atoms with E-state index >= 15 is 0 Å². The normalized spacial score (nSPS) is 23.3. The Bertz CT molecular complexity index is 1240. The predicted molar refractivity (Wildman–Crippen MR) is 139 cm³/mol. The predicted octanol–water partition coefficient (Wildman–Crippen LogP) is 5.07. The van der Waals surface area contributed by atoms with Gasteiger partial charge in [0.1, 0.15) is 4.90 Å². The molecule has 38 heavy (non-hydrogen) atoms. The first kappa shape index (κ1) is 28.9. The van der Waals surface area contributed by atoms with Crippen LogP contribution in [0.2, 0.25) is 5.02 Å². The van der Waals surface area contributed by atoms with Crippen LogP contribution in [0.25, 0.3) is 0 Å². The Morgan fingerprint density at radius 3 is 2.50 bits per heavy atom. The van der Waals surface area contributed by atoms with Crippen molar-refractivity contribution < 1.29 is 26.4 Å². The number of aromatic nitrogens is 1. The summed E-state index contributed by atoms with van der Waals surface area (Å²) in [5.41, 5.74) is -0.382. The quantitative estimate of drug-likeness (QED) is 0.447. The fourth-order valence-electron chi connectivity index (χ4n) is 5.60. The molecule has 2 aromatic rings. The zero-order valence-electron chi connectivity index (χ0n) is 21.5. The van der Waals surface area contributed by atoms with Gasteiger partial charge >= 0.3 is 6.18 Å². The Hall–Kier alpha value is -2.08. The van der Waals surface area contributed by atoms with Crippen LogP contribution in [-0.2, 0) is 27.5 Å². The highest BCUT2D eigenvalue weighted by molar-refractivity contribution is 7.89. The van der Waals surface area contributed by atoms with E-state index in [4.69, 9.17) is 11.6 Å². The van der Waals surface area contributed by atoms with Gasteiger partial charge in [0.25, 0.3) is 0 Å². The number of nitrogens with one attached hydrogen (secondary N) is 1. The third-order valence-electron chi connectivity index (χ3n) is 7.63. The fourth-order valence-corrected chi connectivity index (χ4v) is 7.71. The number of nitrogens with zero attached hydrogens (tertiary/aromatic N) is 3. The van der Waals surface area contributed by atoms with Crippen LogP contribution in [0.1, 0.15) is 63.3 Å². The number of hydrogen-bond acceptors (Lipinski definition) is 4. The van der Waals surface area contributed by atoms with Crippen LogP contribution >= 0.6 is 11.6 Å². The van der Waals surface area contributed by atoms with E-state index < -0.39 is 37.7 Å². The number of fused-ring (bicyclic) bond motifs is 1. The molecule has 1 aromatic carbocycles. The summed E-state index contributed by atoms with van der Waals surface area (Å²) in [6, 6.07) is 5.96. The smallest absolute Gasteiger partial charge is 0.356 e. The number of carbonyl (C=O) groups is 1. The van der Waals surface area contributed by atoms with Gasteiger partial charge in [0.2, 0.25) is 15.9 Å². The summed E-state index contributed by atoms with van der Waals surface area (Å²) in [5, 5.41) is 2.41. The first-order chi connectivity index (χ1) is 17.9. The summed E-state index contributed by atoms with van der Waals surface area (Å²) in [7, 11) is -4.29. The molecular weight excluding hydrogens is 541 g/mol. The zero-order valence-corrected chi connectivity index (χ0v) is 23.1. The topological polar surface area (TPSA) is 74.7 Å². The number of halogens is 4. The Kier molecular flexibility index (Phi) is 8.81. The third-order valence-corrected chi connectivity index (χ3v) is 10.0. The Balaban J connectivity index is 1.46. The molecule has 1 N–H and O–H groups in total. The van der Waals surface area contributed by atoms with Crippen LogP contribution in [0.5, 0.6) is 0 Å². The lowest BCUT2D eigenvalue weighted by molar-refractivity contribution is -0.137. The maximum absolute atomic E-state index is 13.6. The van der Waals surface area contributed by atoms with Crippen LogP contribution < -0.4 is 5.32 Å². The molecule has 3 heterocycles. The number of sulfonamides is 1. The number of alkyl halides is 3. The number of hydrogen-bond donors (Lipinski definition) is 1. The van der Waals surface area contributed by atoms with E-state index in [0.717, 1.165) is 19.0 Å². The molecule has 3 unspecified atom stereocenters. The van der Waals surface area contributed by atoms with Gasteiger partial charge in [0.15, 0.2) is 0 Å². The SMILES string of the molecule is CC1CCCC(C)N1CCCNC(=O)CC1c2cccn2CCN1S(=O)(=O)c1ccc(C(F)(F)F)cc1Cl. The van der Waals surface area contributed by atoms with Crippen molar-refractivity contribution in [3.8, 4) is 0 Å². The third kappa shape index (κ3) is 6.21. The van der Waals surface area contributed by atoms with E-state index in [-0.39, 0.29) is 18.9 Å². The largest absolute Gasteiger partial charge is 0.416 e. The second kappa shape index (κ2) is 11.6. The Labute approximate surface area is 227 Å². The van der Waals surface area contributed by atoms with Gasteiger partial charge in [-0.2, -0.15) is 17.5 Å². The van der Waals surface area contributed by atoms with Crippen LogP contribution in [0.3, 0.4) is 0 Å². The molecule has 0 aliphatic carbocycles. The molecule has 2 aliphatic heterocycles. The number of rotatable bonds is 8. The number of carbonyl (C=O) groups excluding carboxylic acids is 1. The minimum Gasteiger partial charge on any atom is -0.356 e. The number of piperidine rings is 1. The fraction of sp³-hybridized carbons (Fsp3) is 0.577. The average Bonchev–Trinajstić information content (AvgIpc) is 3.32. The summed E-state index contributed by atoms with van der Waals surface area (Å²) in [6.45, 7) is 6.21. The molecule has 7 nitrogen and oxygen atoms in total. The first-order valence-corrected chi connectivity index (χ1v) is 14.8. The lowest BCUT2D eigenvalue weighted by atomic mass is 9.97. The number of likely N-dealkylation sites (tertiary alicyclic amines) is 1. The minimum absolute atomic E-state index is 0.0596. The van der Waals surface area contributed by atoms with Crippen LogP contribution in [0.15, 0.2) is 41.4 Å². The molecule has 1 saturated heterocycles. The molecule has 0 bridgehead atoms. The van der Waals surface area contributed by atoms with E-state index in [1.165, 1.54) is 23.6 Å². The second-order valence-corrected chi connectivity index (χ2v) is 12.4. The van der Waals surface area contributed by atoms with E-state index in [9.17, 15) is 26.4 Å². The van der Waals surface area contributed by atoms with Crippen molar-refractivity contribution in [2.24, 2.45) is 0 Å². The molecule has 2 aliphatic rings. The maximum Gasteiger partial charge on any atom is 0.416 e. The maximum atomic E-state index is 13.6. The highest BCUT2D eigenvalue weighted by atomic mass is 35.5. The van der Waals surface area contributed by atoms with E-state index in [0.29, 0.717) is 43.0 Å². The second-order valence-electron chi connectivity index (χ2n) is 10.2. The highest BCUT2D eigenvalue weighted by Gasteiger charge is 2.39. The van der Waals surface area contributed by atoms with Crippen molar-refractivity contribution in [2.45, 2.75) is 81.7 Å². The van der Waals surface area contributed by atoms with Crippen molar-refractivity contribution in [1.29, 1.82) is 0 Å². The Morgan fingerprint density at radius 1 is 1.13 bits per heavy atom. The molecule has 4 rings (SSSR count). The lowest BCUT2D eigenvalue weighted by Gasteiger charge is -2.39. The molecule has 1 aromatic heterocycles. The van der Waals surface area contributed by atoms with E-state index in [2.05, 4.69) is 24.1 Å². The minimum atomic E-state index is -4.65. The summed E-state index contributed by atoms with van der Waals surface area (Å²) < 4.78 is 69.5.